The van der Waals surface area contributed by atoms with Crippen LogP contribution in [0.2, 0.25) is 0 Å². The Hall–Kier alpha value is -3.68. The van der Waals surface area contributed by atoms with Crippen molar-refractivity contribution in [2.45, 2.75) is 20.5 Å². The Bertz CT molecular complexity index is 1020. The number of anilines is 1. The van der Waals surface area contributed by atoms with Crippen molar-refractivity contribution >= 4 is 17.5 Å². The molecule has 0 spiro atoms. The van der Waals surface area contributed by atoms with Crippen LogP contribution in [-0.4, -0.2) is 23.5 Å². The number of hydrogen-bond acceptors (Lipinski definition) is 5. The second-order valence-corrected chi connectivity index (χ2v) is 7.03. The fourth-order valence-electron chi connectivity index (χ4n) is 2.51. The third-order valence-electron chi connectivity index (χ3n) is 4.07. The van der Waals surface area contributed by atoms with Crippen LogP contribution in [0.1, 0.15) is 40.5 Å². The number of carbonyl (C=O) groups is 2. The number of nitrogens with zero attached hydrogens (tertiary/aromatic N) is 1. The molecule has 3 rings (SSSR count). The molecule has 0 unspecified atom stereocenters. The summed E-state index contributed by atoms with van der Waals surface area (Å²) in [6, 6.07) is 13.9. The predicted molar refractivity (Wildman–Crippen MR) is 109 cm³/mol. The molecular formula is C22H22FN3O4. The maximum atomic E-state index is 13.7. The van der Waals surface area contributed by atoms with Gasteiger partial charge in [-0.05, 0) is 42.3 Å². The highest BCUT2D eigenvalue weighted by atomic mass is 19.1. The van der Waals surface area contributed by atoms with Gasteiger partial charge in [0.2, 0.25) is 0 Å². The lowest BCUT2D eigenvalue weighted by Crippen LogP contribution is -2.27. The van der Waals surface area contributed by atoms with Crippen LogP contribution in [0.3, 0.4) is 0 Å². The van der Waals surface area contributed by atoms with Gasteiger partial charge in [-0.1, -0.05) is 31.1 Å². The number of nitrogens with one attached hydrogen (secondary N) is 2. The van der Waals surface area contributed by atoms with E-state index < -0.39 is 11.7 Å². The van der Waals surface area contributed by atoms with Crippen molar-refractivity contribution < 1.29 is 23.2 Å². The van der Waals surface area contributed by atoms with Gasteiger partial charge in [0.15, 0.2) is 11.5 Å². The van der Waals surface area contributed by atoms with Crippen LogP contribution in [0.4, 0.5) is 10.1 Å². The molecule has 2 amide bonds. The van der Waals surface area contributed by atoms with Crippen LogP contribution in [0.25, 0.3) is 0 Å². The topological polar surface area (TPSA) is 93.5 Å². The maximum Gasteiger partial charge on any atom is 0.273 e. The molecule has 0 aliphatic carbocycles. The number of ether oxygens (including phenoxy) is 1. The number of halogens is 1. The Morgan fingerprint density at radius 3 is 2.53 bits per heavy atom. The zero-order valence-corrected chi connectivity index (χ0v) is 16.6. The molecule has 1 heterocycles. The number of aromatic nitrogens is 1. The maximum absolute atomic E-state index is 13.7. The predicted octanol–water partition coefficient (Wildman–Crippen LogP) is 4.03. The Balaban J connectivity index is 1.52. The Morgan fingerprint density at radius 1 is 1.10 bits per heavy atom. The van der Waals surface area contributed by atoms with Crippen LogP contribution < -0.4 is 15.4 Å². The van der Waals surface area contributed by atoms with E-state index in [1.165, 1.54) is 24.3 Å². The van der Waals surface area contributed by atoms with E-state index in [0.717, 1.165) is 0 Å². The van der Waals surface area contributed by atoms with Gasteiger partial charge >= 0.3 is 0 Å². The molecule has 7 nitrogen and oxygen atoms in total. The highest BCUT2D eigenvalue weighted by molar-refractivity contribution is 6.04. The van der Waals surface area contributed by atoms with Crippen molar-refractivity contribution in [3.63, 3.8) is 0 Å². The third kappa shape index (κ3) is 5.66. The minimum atomic E-state index is -0.584. The summed E-state index contributed by atoms with van der Waals surface area (Å²) in [5, 5.41) is 9.13. The highest BCUT2D eigenvalue weighted by Crippen LogP contribution is 2.18. The zero-order chi connectivity index (χ0) is 21.5. The van der Waals surface area contributed by atoms with Crippen molar-refractivity contribution in [2.24, 2.45) is 5.92 Å². The second kappa shape index (κ2) is 9.69. The Morgan fingerprint density at radius 2 is 1.83 bits per heavy atom. The monoisotopic (exact) mass is 411 g/mol. The molecule has 0 fully saturated rings. The fourth-order valence-corrected chi connectivity index (χ4v) is 2.51. The first kappa shape index (κ1) is 21.0. The van der Waals surface area contributed by atoms with E-state index in [1.54, 1.807) is 30.3 Å². The van der Waals surface area contributed by atoms with Crippen LogP contribution in [-0.2, 0) is 6.61 Å². The third-order valence-corrected chi connectivity index (χ3v) is 4.07. The zero-order valence-electron chi connectivity index (χ0n) is 16.6. The summed E-state index contributed by atoms with van der Waals surface area (Å²) >= 11 is 0. The van der Waals surface area contributed by atoms with Gasteiger partial charge in [-0.25, -0.2) is 4.39 Å². The quantitative estimate of drug-likeness (QED) is 0.584. The normalized spacial score (nSPS) is 10.7. The van der Waals surface area contributed by atoms with Gasteiger partial charge in [0, 0.05) is 18.3 Å². The lowest BCUT2D eigenvalue weighted by Gasteiger charge is -2.08. The summed E-state index contributed by atoms with van der Waals surface area (Å²) in [4.78, 5) is 24.1. The summed E-state index contributed by atoms with van der Waals surface area (Å²) in [5.74, 6) is -0.148. The lowest BCUT2D eigenvalue weighted by atomic mass is 10.2. The average molecular weight is 411 g/mol. The van der Waals surface area contributed by atoms with Crippen LogP contribution in [0.5, 0.6) is 5.75 Å². The molecule has 0 saturated heterocycles. The minimum Gasteiger partial charge on any atom is -0.486 e. The van der Waals surface area contributed by atoms with Gasteiger partial charge in [-0.3, -0.25) is 9.59 Å². The van der Waals surface area contributed by atoms with Crippen molar-refractivity contribution in [3.05, 3.63) is 77.4 Å². The molecule has 30 heavy (non-hydrogen) atoms. The number of rotatable bonds is 8. The van der Waals surface area contributed by atoms with Crippen molar-refractivity contribution in [1.82, 2.24) is 10.5 Å². The van der Waals surface area contributed by atoms with Crippen LogP contribution in [0.15, 0.2) is 59.1 Å². The molecule has 0 bridgehead atoms. The first-order chi connectivity index (χ1) is 14.4. The van der Waals surface area contributed by atoms with Gasteiger partial charge in [-0.2, -0.15) is 0 Å². The minimum absolute atomic E-state index is 0.0311. The molecular weight excluding hydrogens is 389 g/mol. The standard InChI is InChI=1S/C22H22FN3O4/c1-14(2)12-24-22(28)20-11-17(30-26-20)13-29-16-9-7-15(8-10-16)25-21(27)18-5-3-4-6-19(18)23/h3-11,14H,12-13H2,1-2H3,(H,24,28)(H,25,27). The second-order valence-electron chi connectivity index (χ2n) is 7.03. The molecule has 0 atom stereocenters. The molecule has 2 aromatic carbocycles. The van der Waals surface area contributed by atoms with Crippen molar-refractivity contribution in [2.75, 3.05) is 11.9 Å². The molecule has 0 aliphatic heterocycles. The number of benzene rings is 2. The van der Waals surface area contributed by atoms with E-state index >= 15 is 0 Å². The molecule has 0 saturated carbocycles. The summed E-state index contributed by atoms with van der Waals surface area (Å²) in [7, 11) is 0. The van der Waals surface area contributed by atoms with Crippen LogP contribution >= 0.6 is 0 Å². The molecule has 8 heteroatoms. The van der Waals surface area contributed by atoms with E-state index in [1.807, 2.05) is 13.8 Å². The number of carbonyl (C=O) groups excluding carboxylic acids is 2. The highest BCUT2D eigenvalue weighted by Gasteiger charge is 2.13. The molecule has 2 N–H and O–H groups in total. The Kier molecular flexibility index (Phi) is 6.79. The van der Waals surface area contributed by atoms with Crippen molar-refractivity contribution in [1.29, 1.82) is 0 Å². The van der Waals surface area contributed by atoms with Crippen molar-refractivity contribution in [3.8, 4) is 5.75 Å². The fraction of sp³-hybridized carbons (Fsp3) is 0.227. The summed E-state index contributed by atoms with van der Waals surface area (Å²) < 4.78 is 24.4. The van der Waals surface area contributed by atoms with E-state index in [-0.39, 0.29) is 23.8 Å². The largest absolute Gasteiger partial charge is 0.486 e. The molecule has 3 aromatic rings. The van der Waals surface area contributed by atoms with E-state index in [9.17, 15) is 14.0 Å². The number of amides is 2. The number of hydrogen-bond donors (Lipinski definition) is 2. The average Bonchev–Trinajstić information content (AvgIpc) is 3.21. The summed E-state index contributed by atoms with van der Waals surface area (Å²) in [6.07, 6.45) is 0. The molecule has 0 aliphatic rings. The van der Waals surface area contributed by atoms with Gasteiger partial charge in [0.05, 0.1) is 5.56 Å². The SMILES string of the molecule is CC(C)CNC(=O)c1cc(COc2ccc(NC(=O)c3ccccc3F)cc2)on1. The first-order valence-corrected chi connectivity index (χ1v) is 9.45. The van der Waals surface area contributed by atoms with Gasteiger partial charge in [-0.15, -0.1) is 0 Å². The van der Waals surface area contributed by atoms with E-state index in [4.69, 9.17) is 9.26 Å². The molecule has 0 radical (unpaired) electrons. The van der Waals surface area contributed by atoms with E-state index in [0.29, 0.717) is 29.7 Å². The van der Waals surface area contributed by atoms with Crippen LogP contribution in [0, 0.1) is 11.7 Å². The van der Waals surface area contributed by atoms with E-state index in [2.05, 4.69) is 15.8 Å². The first-order valence-electron chi connectivity index (χ1n) is 9.45. The Labute approximate surface area is 173 Å². The van der Waals surface area contributed by atoms with Gasteiger partial charge in [0.1, 0.15) is 18.2 Å². The smallest absolute Gasteiger partial charge is 0.273 e. The summed E-state index contributed by atoms with van der Waals surface area (Å²) in [5.41, 5.74) is 0.663. The van der Waals surface area contributed by atoms with Gasteiger partial charge < -0.3 is 19.9 Å². The lowest BCUT2D eigenvalue weighted by molar-refractivity contribution is 0.0938. The molecule has 156 valence electrons. The molecule has 1 aromatic heterocycles. The summed E-state index contributed by atoms with van der Waals surface area (Å²) in [6.45, 7) is 4.64. The van der Waals surface area contributed by atoms with Gasteiger partial charge in [0.25, 0.3) is 11.8 Å².